The number of thiophene rings is 1. The number of methoxy groups -OCH3 is 1. The van der Waals surface area contributed by atoms with Crippen LogP contribution in [0.2, 0.25) is 0 Å². The van der Waals surface area contributed by atoms with Crippen LogP contribution in [-0.4, -0.2) is 35.2 Å². The normalized spacial score (nSPS) is 11.9. The van der Waals surface area contributed by atoms with E-state index in [4.69, 9.17) is 4.74 Å². The fraction of sp³-hybridized carbons (Fsp3) is 0.636. The van der Waals surface area contributed by atoms with Crippen molar-refractivity contribution in [1.29, 1.82) is 0 Å². The molecule has 2 N–H and O–H groups in total. The van der Waals surface area contributed by atoms with Gasteiger partial charge in [0, 0.05) is 25.1 Å². The number of sulfonamides is 1. The lowest BCUT2D eigenvalue weighted by Gasteiger charge is -2.08. The van der Waals surface area contributed by atoms with Gasteiger partial charge in [0.05, 0.1) is 11.5 Å². The van der Waals surface area contributed by atoms with Crippen molar-refractivity contribution in [3.8, 4) is 0 Å². The standard InChI is InChI=1S/C11H20N2O3S2/c1-3-5-12-9-10-11(4-8-17-10)18(14,15)13-6-7-16-2/h4,8,12-13H,3,5-7,9H2,1-2H3. The summed E-state index contributed by atoms with van der Waals surface area (Å²) in [6.07, 6.45) is 1.03. The van der Waals surface area contributed by atoms with Crippen LogP contribution >= 0.6 is 11.3 Å². The van der Waals surface area contributed by atoms with Crippen LogP contribution in [0.1, 0.15) is 18.2 Å². The molecule has 0 aliphatic carbocycles. The largest absolute Gasteiger partial charge is 0.383 e. The fourth-order valence-electron chi connectivity index (χ4n) is 1.43. The Labute approximate surface area is 113 Å². The zero-order chi connectivity index (χ0) is 13.4. The molecule has 0 fully saturated rings. The number of nitrogens with one attached hydrogen (secondary N) is 2. The van der Waals surface area contributed by atoms with Crippen molar-refractivity contribution in [2.45, 2.75) is 24.8 Å². The second-order valence-electron chi connectivity index (χ2n) is 3.78. The van der Waals surface area contributed by atoms with E-state index in [1.54, 1.807) is 18.6 Å². The van der Waals surface area contributed by atoms with E-state index in [9.17, 15) is 8.42 Å². The van der Waals surface area contributed by atoms with Crippen molar-refractivity contribution < 1.29 is 13.2 Å². The SMILES string of the molecule is CCCNCc1sccc1S(=O)(=O)NCCOC. The minimum Gasteiger partial charge on any atom is -0.383 e. The van der Waals surface area contributed by atoms with Gasteiger partial charge in [-0.15, -0.1) is 11.3 Å². The number of hydrogen-bond acceptors (Lipinski definition) is 5. The first-order valence-electron chi connectivity index (χ1n) is 5.87. The second-order valence-corrected chi connectivity index (χ2v) is 6.51. The molecule has 0 aliphatic heterocycles. The Morgan fingerprint density at radius 1 is 1.39 bits per heavy atom. The smallest absolute Gasteiger partial charge is 0.241 e. The highest BCUT2D eigenvalue weighted by atomic mass is 32.2. The van der Waals surface area contributed by atoms with E-state index in [-0.39, 0.29) is 6.54 Å². The summed E-state index contributed by atoms with van der Waals surface area (Å²) in [7, 11) is -1.88. The Morgan fingerprint density at radius 3 is 2.83 bits per heavy atom. The molecule has 0 atom stereocenters. The van der Waals surface area contributed by atoms with Gasteiger partial charge in [0.15, 0.2) is 0 Å². The molecule has 5 nitrogen and oxygen atoms in total. The summed E-state index contributed by atoms with van der Waals surface area (Å²) in [6.45, 7) is 4.20. The number of rotatable bonds is 9. The maximum atomic E-state index is 12.0. The molecular formula is C11H20N2O3S2. The first-order valence-corrected chi connectivity index (χ1v) is 8.23. The molecule has 18 heavy (non-hydrogen) atoms. The lowest BCUT2D eigenvalue weighted by molar-refractivity contribution is 0.204. The van der Waals surface area contributed by atoms with Gasteiger partial charge in [-0.25, -0.2) is 13.1 Å². The highest BCUT2D eigenvalue weighted by Gasteiger charge is 2.18. The molecule has 7 heteroatoms. The Bertz CT molecular complexity index is 443. The van der Waals surface area contributed by atoms with Crippen LogP contribution in [0.3, 0.4) is 0 Å². The molecular weight excluding hydrogens is 272 g/mol. The quantitative estimate of drug-likeness (QED) is 0.671. The Morgan fingerprint density at radius 2 is 2.17 bits per heavy atom. The second kappa shape index (κ2) is 7.85. The van der Waals surface area contributed by atoms with Gasteiger partial charge >= 0.3 is 0 Å². The molecule has 1 rings (SSSR count). The van der Waals surface area contributed by atoms with Gasteiger partial charge in [0.25, 0.3) is 0 Å². The summed E-state index contributed by atoms with van der Waals surface area (Å²) in [5.41, 5.74) is 0. The average Bonchev–Trinajstić information content (AvgIpc) is 2.79. The third-order valence-corrected chi connectivity index (χ3v) is 4.90. The van der Waals surface area contributed by atoms with Crippen molar-refractivity contribution in [1.82, 2.24) is 10.0 Å². The Kier molecular flexibility index (Phi) is 6.80. The van der Waals surface area contributed by atoms with E-state index < -0.39 is 10.0 Å². The maximum absolute atomic E-state index is 12.0. The molecule has 104 valence electrons. The van der Waals surface area contributed by atoms with Crippen LogP contribution in [0.4, 0.5) is 0 Å². The molecule has 1 aromatic rings. The van der Waals surface area contributed by atoms with Gasteiger partial charge in [0.2, 0.25) is 10.0 Å². The molecule has 0 spiro atoms. The van der Waals surface area contributed by atoms with Crippen LogP contribution in [0.15, 0.2) is 16.3 Å². The van der Waals surface area contributed by atoms with Crippen molar-refractivity contribution in [3.05, 3.63) is 16.3 Å². The van der Waals surface area contributed by atoms with E-state index in [0.29, 0.717) is 18.0 Å². The minimum atomic E-state index is -3.42. The summed E-state index contributed by atoms with van der Waals surface area (Å²) in [5, 5.41) is 5.01. The van der Waals surface area contributed by atoms with Crippen LogP contribution < -0.4 is 10.0 Å². The molecule has 0 saturated carbocycles. The zero-order valence-electron chi connectivity index (χ0n) is 10.7. The van der Waals surface area contributed by atoms with Crippen molar-refractivity contribution >= 4 is 21.4 Å². The van der Waals surface area contributed by atoms with Gasteiger partial charge < -0.3 is 10.1 Å². The zero-order valence-corrected chi connectivity index (χ0v) is 12.4. The summed E-state index contributed by atoms with van der Waals surface area (Å²) in [4.78, 5) is 1.21. The van der Waals surface area contributed by atoms with Crippen LogP contribution in [0.25, 0.3) is 0 Å². The maximum Gasteiger partial charge on any atom is 0.241 e. The van der Waals surface area contributed by atoms with Crippen molar-refractivity contribution in [3.63, 3.8) is 0 Å². The lowest BCUT2D eigenvalue weighted by Crippen LogP contribution is -2.28. The number of ether oxygens (including phenoxy) is 1. The summed E-state index contributed by atoms with van der Waals surface area (Å²) >= 11 is 1.45. The minimum absolute atomic E-state index is 0.288. The van der Waals surface area contributed by atoms with E-state index in [0.717, 1.165) is 17.8 Å². The third kappa shape index (κ3) is 4.66. The lowest BCUT2D eigenvalue weighted by atomic mass is 10.4. The van der Waals surface area contributed by atoms with Crippen molar-refractivity contribution in [2.24, 2.45) is 0 Å². The van der Waals surface area contributed by atoms with Crippen LogP contribution in [0.5, 0.6) is 0 Å². The molecule has 0 saturated heterocycles. The number of hydrogen-bond donors (Lipinski definition) is 2. The van der Waals surface area contributed by atoms with E-state index in [1.165, 1.54) is 11.3 Å². The molecule has 1 aromatic heterocycles. The highest BCUT2D eigenvalue weighted by Crippen LogP contribution is 2.21. The van der Waals surface area contributed by atoms with Crippen LogP contribution in [-0.2, 0) is 21.3 Å². The molecule has 1 heterocycles. The summed E-state index contributed by atoms with van der Waals surface area (Å²) in [6, 6.07) is 1.64. The first kappa shape index (κ1) is 15.6. The van der Waals surface area contributed by atoms with Crippen LogP contribution in [0, 0.1) is 0 Å². The average molecular weight is 292 g/mol. The molecule has 0 aliphatic rings. The van der Waals surface area contributed by atoms with E-state index >= 15 is 0 Å². The van der Waals surface area contributed by atoms with Gasteiger partial charge in [-0.1, -0.05) is 6.92 Å². The molecule has 0 radical (unpaired) electrons. The van der Waals surface area contributed by atoms with E-state index in [2.05, 4.69) is 17.0 Å². The fourth-order valence-corrected chi connectivity index (χ4v) is 3.86. The summed E-state index contributed by atoms with van der Waals surface area (Å²) < 4.78 is 31.4. The Hall–Kier alpha value is -0.470. The highest BCUT2D eigenvalue weighted by molar-refractivity contribution is 7.89. The summed E-state index contributed by atoms with van der Waals surface area (Å²) in [5.74, 6) is 0. The van der Waals surface area contributed by atoms with Gasteiger partial charge in [0.1, 0.15) is 0 Å². The Balaban J connectivity index is 2.67. The topological polar surface area (TPSA) is 67.4 Å². The predicted octanol–water partition coefficient (Wildman–Crippen LogP) is 1.17. The predicted molar refractivity (Wildman–Crippen MR) is 73.4 cm³/mol. The first-order chi connectivity index (χ1) is 8.61. The molecule has 0 unspecified atom stereocenters. The van der Waals surface area contributed by atoms with Gasteiger partial charge in [-0.2, -0.15) is 0 Å². The third-order valence-electron chi connectivity index (χ3n) is 2.30. The molecule has 0 bridgehead atoms. The molecule has 0 amide bonds. The van der Waals surface area contributed by atoms with Gasteiger partial charge in [-0.05, 0) is 24.4 Å². The van der Waals surface area contributed by atoms with E-state index in [1.807, 2.05) is 0 Å². The van der Waals surface area contributed by atoms with Gasteiger partial charge in [-0.3, -0.25) is 0 Å². The molecule has 0 aromatic carbocycles. The monoisotopic (exact) mass is 292 g/mol. The van der Waals surface area contributed by atoms with Crippen molar-refractivity contribution in [2.75, 3.05) is 26.8 Å².